The molecule has 1 aliphatic heterocycles. The average Bonchev–Trinajstić information content (AvgIpc) is 3.13. The van der Waals surface area contributed by atoms with E-state index in [0.29, 0.717) is 22.1 Å². The molecule has 7 heteroatoms. The molecule has 0 radical (unpaired) electrons. The number of furan rings is 1. The van der Waals surface area contributed by atoms with Gasteiger partial charge in [-0.05, 0) is 30.3 Å². The molecule has 0 saturated heterocycles. The van der Waals surface area contributed by atoms with Gasteiger partial charge in [-0.3, -0.25) is 0 Å². The van der Waals surface area contributed by atoms with Gasteiger partial charge in [-0.2, -0.15) is 4.31 Å². The van der Waals surface area contributed by atoms with Crippen LogP contribution in [0.15, 0.2) is 70.0 Å². The third-order valence-electron chi connectivity index (χ3n) is 4.94. The van der Waals surface area contributed by atoms with Crippen LogP contribution in [0.3, 0.4) is 0 Å². The van der Waals surface area contributed by atoms with E-state index < -0.39 is 22.2 Å². The van der Waals surface area contributed by atoms with E-state index in [0.717, 1.165) is 5.56 Å². The number of sulfonamides is 1. The molecule has 27 heavy (non-hydrogen) atoms. The number of benzene rings is 2. The number of halogens is 1. The molecule has 140 valence electrons. The Labute approximate surface area is 162 Å². The van der Waals surface area contributed by atoms with Gasteiger partial charge in [0.25, 0.3) is 0 Å². The zero-order chi connectivity index (χ0) is 19.2. The molecule has 0 fully saturated rings. The summed E-state index contributed by atoms with van der Waals surface area (Å²) in [4.78, 5) is 0.146. The zero-order valence-corrected chi connectivity index (χ0v) is 16.1. The lowest BCUT2D eigenvalue weighted by molar-refractivity contribution is 0.0864. The van der Waals surface area contributed by atoms with E-state index in [1.165, 1.54) is 17.4 Å². The second-order valence-electron chi connectivity index (χ2n) is 6.52. The monoisotopic (exact) mass is 403 g/mol. The number of aliphatic hydroxyl groups is 1. The largest absolute Gasteiger partial charge is 0.461 e. The van der Waals surface area contributed by atoms with Gasteiger partial charge in [0.05, 0.1) is 22.1 Å². The molecule has 2 atom stereocenters. The highest BCUT2D eigenvalue weighted by Gasteiger charge is 2.41. The van der Waals surface area contributed by atoms with Gasteiger partial charge in [0.1, 0.15) is 11.5 Å². The molecule has 1 N–H and O–H groups in total. The molecule has 1 aromatic heterocycles. The van der Waals surface area contributed by atoms with Crippen molar-refractivity contribution in [2.24, 2.45) is 0 Å². The first kappa shape index (κ1) is 18.3. The van der Waals surface area contributed by atoms with E-state index in [2.05, 4.69) is 0 Å². The maximum atomic E-state index is 12.8. The van der Waals surface area contributed by atoms with E-state index in [4.69, 9.17) is 16.0 Å². The molecule has 0 bridgehead atoms. The molecule has 3 aromatic rings. The topological polar surface area (TPSA) is 70.8 Å². The maximum absolute atomic E-state index is 12.8. The van der Waals surface area contributed by atoms with Crippen molar-refractivity contribution in [3.63, 3.8) is 0 Å². The van der Waals surface area contributed by atoms with Crippen LogP contribution in [0.25, 0.3) is 11.3 Å². The number of hydrogen-bond acceptors (Lipinski definition) is 4. The minimum Gasteiger partial charge on any atom is -0.461 e. The summed E-state index contributed by atoms with van der Waals surface area (Å²) in [7, 11) is -2.18. The van der Waals surface area contributed by atoms with Crippen LogP contribution in [-0.4, -0.2) is 30.9 Å². The van der Waals surface area contributed by atoms with Gasteiger partial charge in [-0.25, -0.2) is 8.42 Å². The van der Waals surface area contributed by atoms with Gasteiger partial charge in [-0.15, -0.1) is 0 Å². The van der Waals surface area contributed by atoms with Crippen molar-refractivity contribution >= 4 is 21.6 Å². The van der Waals surface area contributed by atoms with E-state index in [9.17, 15) is 13.5 Å². The SMILES string of the molecule is CN1[C@@H](Cc2ccc(-c3ccccc3Cl)o2)[C@H](O)c2ccccc2S1(=O)=O. The number of nitrogens with zero attached hydrogens (tertiary/aromatic N) is 1. The summed E-state index contributed by atoms with van der Waals surface area (Å²) >= 11 is 6.21. The Morgan fingerprint density at radius 3 is 2.56 bits per heavy atom. The lowest BCUT2D eigenvalue weighted by Gasteiger charge is -2.36. The fourth-order valence-corrected chi connectivity index (χ4v) is 5.26. The van der Waals surface area contributed by atoms with Gasteiger partial charge in [0.15, 0.2) is 0 Å². The zero-order valence-electron chi connectivity index (χ0n) is 14.5. The molecule has 1 aliphatic rings. The summed E-state index contributed by atoms with van der Waals surface area (Å²) < 4.78 is 32.7. The smallest absolute Gasteiger partial charge is 0.243 e. The van der Waals surface area contributed by atoms with Crippen molar-refractivity contribution in [2.75, 3.05) is 7.05 Å². The van der Waals surface area contributed by atoms with Crippen LogP contribution in [0.4, 0.5) is 0 Å². The molecular formula is C20H18ClNO4S. The van der Waals surface area contributed by atoms with Crippen LogP contribution in [0, 0.1) is 0 Å². The summed E-state index contributed by atoms with van der Waals surface area (Å²) in [5.74, 6) is 1.18. The standard InChI is InChI=1S/C20H18ClNO4S/c1-22-17(20(23)15-7-3-5-9-19(15)27(22,24)25)12-13-10-11-18(26-13)14-6-2-4-8-16(14)21/h2-11,17,20,23H,12H2,1H3/t17-,20+/m0/s1. The Morgan fingerprint density at radius 2 is 1.78 bits per heavy atom. The predicted octanol–water partition coefficient (Wildman–Crippen LogP) is 3.88. The van der Waals surface area contributed by atoms with Crippen LogP contribution < -0.4 is 0 Å². The van der Waals surface area contributed by atoms with Crippen LogP contribution in [0.5, 0.6) is 0 Å². The number of fused-ring (bicyclic) bond motifs is 1. The molecule has 0 aliphatic carbocycles. The first-order valence-electron chi connectivity index (χ1n) is 8.48. The summed E-state index contributed by atoms with van der Waals surface area (Å²) in [6.45, 7) is 0. The minimum absolute atomic E-state index is 0.146. The highest BCUT2D eigenvalue weighted by atomic mass is 35.5. The van der Waals surface area contributed by atoms with Crippen LogP contribution in [0.2, 0.25) is 5.02 Å². The number of hydrogen-bond donors (Lipinski definition) is 1. The maximum Gasteiger partial charge on any atom is 0.243 e. The normalized spacial score (nSPS) is 21.7. The first-order chi connectivity index (χ1) is 12.9. The van der Waals surface area contributed by atoms with Crippen LogP contribution in [-0.2, 0) is 16.4 Å². The first-order valence-corrected chi connectivity index (χ1v) is 10.3. The number of likely N-dealkylation sites (N-methyl/N-ethyl adjacent to an activating group) is 1. The van der Waals surface area contributed by atoms with Crippen molar-refractivity contribution in [2.45, 2.75) is 23.5 Å². The second-order valence-corrected chi connectivity index (χ2v) is 8.89. The minimum atomic E-state index is -3.66. The van der Waals surface area contributed by atoms with Crippen LogP contribution in [0.1, 0.15) is 17.4 Å². The Kier molecular flexibility index (Phi) is 4.60. The van der Waals surface area contributed by atoms with Gasteiger partial charge in [0, 0.05) is 24.6 Å². The van der Waals surface area contributed by atoms with E-state index in [1.54, 1.807) is 36.4 Å². The van der Waals surface area contributed by atoms with Crippen LogP contribution >= 0.6 is 11.6 Å². The van der Waals surface area contributed by atoms with Crippen molar-refractivity contribution in [3.8, 4) is 11.3 Å². The summed E-state index contributed by atoms with van der Waals surface area (Å²) in [5, 5.41) is 11.4. The van der Waals surface area contributed by atoms with Gasteiger partial charge >= 0.3 is 0 Å². The molecule has 0 amide bonds. The van der Waals surface area contributed by atoms with Gasteiger partial charge in [-0.1, -0.05) is 41.9 Å². The molecule has 0 unspecified atom stereocenters. The lowest BCUT2D eigenvalue weighted by Crippen LogP contribution is -2.46. The predicted molar refractivity (Wildman–Crippen MR) is 103 cm³/mol. The third kappa shape index (κ3) is 3.08. The Morgan fingerprint density at radius 1 is 1.07 bits per heavy atom. The Balaban J connectivity index is 1.67. The van der Waals surface area contributed by atoms with Gasteiger partial charge in [0.2, 0.25) is 10.0 Å². The van der Waals surface area contributed by atoms with E-state index >= 15 is 0 Å². The van der Waals surface area contributed by atoms with E-state index in [-0.39, 0.29) is 11.3 Å². The summed E-state index contributed by atoms with van der Waals surface area (Å²) in [5.41, 5.74) is 1.18. The molecule has 5 nitrogen and oxygen atoms in total. The Bertz CT molecular complexity index is 1090. The molecule has 2 heterocycles. The van der Waals surface area contributed by atoms with Gasteiger partial charge < -0.3 is 9.52 Å². The molecule has 4 rings (SSSR count). The fourth-order valence-electron chi connectivity index (χ4n) is 3.44. The molecule has 2 aromatic carbocycles. The molecular weight excluding hydrogens is 386 g/mol. The Hall–Kier alpha value is -2.12. The molecule has 0 spiro atoms. The summed E-state index contributed by atoms with van der Waals surface area (Å²) in [6.07, 6.45) is -0.695. The van der Waals surface area contributed by atoms with Crippen molar-refractivity contribution in [3.05, 3.63) is 77.0 Å². The number of rotatable bonds is 3. The van der Waals surface area contributed by atoms with E-state index in [1.807, 2.05) is 18.2 Å². The fraction of sp³-hybridized carbons (Fsp3) is 0.200. The highest BCUT2D eigenvalue weighted by molar-refractivity contribution is 7.89. The second kappa shape index (κ2) is 6.80. The lowest BCUT2D eigenvalue weighted by atomic mass is 9.98. The summed E-state index contributed by atoms with van der Waals surface area (Å²) in [6, 6.07) is 16.8. The average molecular weight is 404 g/mol. The number of aliphatic hydroxyl groups excluding tert-OH is 1. The van der Waals surface area contributed by atoms with Crippen molar-refractivity contribution in [1.29, 1.82) is 0 Å². The molecule has 0 saturated carbocycles. The highest BCUT2D eigenvalue weighted by Crippen LogP contribution is 2.37. The quantitative estimate of drug-likeness (QED) is 0.720. The van der Waals surface area contributed by atoms with Crippen molar-refractivity contribution in [1.82, 2.24) is 4.31 Å². The van der Waals surface area contributed by atoms with Crippen molar-refractivity contribution < 1.29 is 17.9 Å². The third-order valence-corrected chi connectivity index (χ3v) is 7.22.